The predicted octanol–water partition coefficient (Wildman–Crippen LogP) is 5.19. The van der Waals surface area contributed by atoms with Gasteiger partial charge in [-0.15, -0.1) is 0 Å². The second-order valence-corrected chi connectivity index (χ2v) is 10.2. The molecule has 1 aliphatic heterocycles. The number of rotatable bonds is 9. The number of ether oxygens (including phenoxy) is 1. The Morgan fingerprint density at radius 1 is 1.11 bits per heavy atom. The van der Waals surface area contributed by atoms with Gasteiger partial charge in [-0.1, -0.05) is 46.0 Å². The Morgan fingerprint density at radius 2 is 1.83 bits per heavy atom. The predicted molar refractivity (Wildman–Crippen MR) is 137 cm³/mol. The second kappa shape index (κ2) is 11.3. The molecule has 2 aliphatic rings. The number of nitrogens with zero attached hydrogens (tertiary/aromatic N) is 3. The van der Waals surface area contributed by atoms with Crippen molar-refractivity contribution in [3.63, 3.8) is 0 Å². The number of nitrogens with one attached hydrogen (secondary N) is 1. The maximum absolute atomic E-state index is 13.6. The molecule has 2 aromatic rings. The van der Waals surface area contributed by atoms with Crippen LogP contribution in [0.2, 0.25) is 0 Å². The Balaban J connectivity index is 1.55. The van der Waals surface area contributed by atoms with E-state index in [0.717, 1.165) is 62.0 Å². The van der Waals surface area contributed by atoms with Crippen LogP contribution in [0.5, 0.6) is 5.75 Å². The summed E-state index contributed by atoms with van der Waals surface area (Å²) in [6, 6.07) is 9.87. The van der Waals surface area contributed by atoms with Crippen LogP contribution in [0, 0.1) is 0 Å². The van der Waals surface area contributed by atoms with E-state index < -0.39 is 5.54 Å². The van der Waals surface area contributed by atoms with E-state index in [9.17, 15) is 9.59 Å². The maximum atomic E-state index is 13.6. The Bertz CT molecular complexity index is 1010. The molecule has 0 spiro atoms. The summed E-state index contributed by atoms with van der Waals surface area (Å²) in [6.45, 7) is 7.67. The van der Waals surface area contributed by atoms with Gasteiger partial charge in [-0.05, 0) is 62.9 Å². The van der Waals surface area contributed by atoms with Gasteiger partial charge in [-0.25, -0.2) is 0 Å². The van der Waals surface area contributed by atoms with Crippen LogP contribution in [0.3, 0.4) is 0 Å². The smallest absolute Gasteiger partial charge is 0.273 e. The summed E-state index contributed by atoms with van der Waals surface area (Å²) in [5, 5.41) is 8.05. The van der Waals surface area contributed by atoms with E-state index in [1.165, 1.54) is 12.8 Å². The van der Waals surface area contributed by atoms with Crippen molar-refractivity contribution in [1.82, 2.24) is 20.0 Å². The van der Waals surface area contributed by atoms with Crippen molar-refractivity contribution in [3.8, 4) is 17.0 Å². The first-order valence-electron chi connectivity index (χ1n) is 13.4. The van der Waals surface area contributed by atoms with E-state index in [-0.39, 0.29) is 17.9 Å². The highest BCUT2D eigenvalue weighted by atomic mass is 16.5. The number of carbonyl (C=O) groups is 2. The van der Waals surface area contributed by atoms with Gasteiger partial charge in [0.1, 0.15) is 17.0 Å². The summed E-state index contributed by atoms with van der Waals surface area (Å²) < 4.78 is 7.49. The third kappa shape index (κ3) is 5.54. The fraction of sp³-hybridized carbons (Fsp3) is 0.607. The number of aromatic nitrogens is 2. The zero-order chi connectivity index (χ0) is 24.8. The van der Waals surface area contributed by atoms with E-state index in [2.05, 4.69) is 12.2 Å². The van der Waals surface area contributed by atoms with Crippen molar-refractivity contribution >= 4 is 11.8 Å². The highest BCUT2D eigenvalue weighted by Gasteiger charge is 2.48. The lowest BCUT2D eigenvalue weighted by atomic mass is 9.93. The molecule has 1 atom stereocenters. The van der Waals surface area contributed by atoms with Crippen molar-refractivity contribution in [2.75, 3.05) is 13.2 Å². The van der Waals surface area contributed by atoms with Crippen LogP contribution in [0.4, 0.5) is 0 Å². The average Bonchev–Trinajstić information content (AvgIpc) is 3.10. The lowest BCUT2D eigenvalue weighted by molar-refractivity contribution is -0.134. The van der Waals surface area contributed by atoms with Crippen LogP contribution in [0.1, 0.15) is 89.0 Å². The number of hydrogen-bond donors (Lipinski definition) is 1. The van der Waals surface area contributed by atoms with Crippen LogP contribution in [-0.2, 0) is 11.3 Å². The molecule has 7 nitrogen and oxygen atoms in total. The number of unbranched alkanes of at least 4 members (excludes halogenated alkanes) is 1. The Labute approximate surface area is 209 Å². The summed E-state index contributed by atoms with van der Waals surface area (Å²) in [5.74, 6) is 0.636. The molecule has 2 amide bonds. The minimum absolute atomic E-state index is 0.0671. The standard InChI is InChI=1S/C28H40N4O3/c1-4-6-18-35-23-15-13-21(14-16-23)24-19-25-26(33)31(17-5-2)28(3,20-32(25)30-24)27(34)29-22-11-9-7-8-10-12-22/h13-16,19,22H,4-12,17-18,20H2,1-3H3,(H,29,34). The van der Waals surface area contributed by atoms with Gasteiger partial charge in [0.15, 0.2) is 0 Å². The zero-order valence-electron chi connectivity index (χ0n) is 21.5. The molecule has 0 radical (unpaired) electrons. The topological polar surface area (TPSA) is 76.5 Å². The molecule has 2 heterocycles. The fourth-order valence-corrected chi connectivity index (χ4v) is 5.18. The van der Waals surface area contributed by atoms with Gasteiger partial charge in [0, 0.05) is 18.2 Å². The van der Waals surface area contributed by atoms with E-state index in [4.69, 9.17) is 9.84 Å². The van der Waals surface area contributed by atoms with E-state index in [0.29, 0.717) is 25.4 Å². The summed E-state index contributed by atoms with van der Waals surface area (Å²) in [5.41, 5.74) is 1.23. The minimum Gasteiger partial charge on any atom is -0.494 e. The number of amides is 2. The molecule has 35 heavy (non-hydrogen) atoms. The number of carbonyl (C=O) groups excluding carboxylic acids is 2. The van der Waals surface area contributed by atoms with Gasteiger partial charge in [0.05, 0.1) is 18.8 Å². The number of benzene rings is 1. The van der Waals surface area contributed by atoms with E-state index in [1.54, 1.807) is 9.58 Å². The van der Waals surface area contributed by atoms with Crippen LogP contribution < -0.4 is 10.1 Å². The Kier molecular flexibility index (Phi) is 8.14. The minimum atomic E-state index is -0.966. The monoisotopic (exact) mass is 480 g/mol. The van der Waals surface area contributed by atoms with Crippen molar-refractivity contribution < 1.29 is 14.3 Å². The van der Waals surface area contributed by atoms with Crippen molar-refractivity contribution in [2.45, 2.75) is 96.7 Å². The van der Waals surface area contributed by atoms with Gasteiger partial charge in [0.2, 0.25) is 5.91 Å². The third-order valence-electron chi connectivity index (χ3n) is 7.34. The zero-order valence-corrected chi connectivity index (χ0v) is 21.5. The molecule has 1 saturated carbocycles. The fourth-order valence-electron chi connectivity index (χ4n) is 5.18. The summed E-state index contributed by atoms with van der Waals surface area (Å²) in [4.78, 5) is 28.9. The lowest BCUT2D eigenvalue weighted by Gasteiger charge is -2.43. The normalized spacial score (nSPS) is 20.9. The first-order valence-corrected chi connectivity index (χ1v) is 13.4. The number of fused-ring (bicyclic) bond motifs is 1. The molecule has 1 N–H and O–H groups in total. The summed E-state index contributed by atoms with van der Waals surface area (Å²) in [7, 11) is 0. The highest BCUT2D eigenvalue weighted by molar-refractivity contribution is 6.00. The SMILES string of the molecule is CCCCOc1ccc(-c2cc3n(n2)CC(C)(C(=O)NC2CCCCCC2)N(CCC)C3=O)cc1. The molecule has 0 bridgehead atoms. The van der Waals surface area contributed by atoms with Gasteiger partial charge in [-0.2, -0.15) is 5.10 Å². The van der Waals surface area contributed by atoms with Crippen LogP contribution >= 0.6 is 0 Å². The first kappa shape index (κ1) is 25.3. The number of hydrogen-bond acceptors (Lipinski definition) is 4. The molecular formula is C28H40N4O3. The molecule has 1 unspecified atom stereocenters. The third-order valence-corrected chi connectivity index (χ3v) is 7.34. The van der Waals surface area contributed by atoms with E-state index >= 15 is 0 Å². The second-order valence-electron chi connectivity index (χ2n) is 10.2. The van der Waals surface area contributed by atoms with Crippen molar-refractivity contribution in [2.24, 2.45) is 0 Å². The van der Waals surface area contributed by atoms with Gasteiger partial charge in [0.25, 0.3) is 5.91 Å². The maximum Gasteiger partial charge on any atom is 0.273 e. The highest BCUT2D eigenvalue weighted by Crippen LogP contribution is 2.31. The average molecular weight is 481 g/mol. The quantitative estimate of drug-likeness (QED) is 0.396. The van der Waals surface area contributed by atoms with Crippen molar-refractivity contribution in [3.05, 3.63) is 36.0 Å². The van der Waals surface area contributed by atoms with Crippen molar-refractivity contribution in [1.29, 1.82) is 0 Å². The van der Waals surface area contributed by atoms with Gasteiger partial charge < -0.3 is 15.0 Å². The first-order chi connectivity index (χ1) is 17.0. The van der Waals surface area contributed by atoms with Crippen LogP contribution in [0.15, 0.2) is 30.3 Å². The summed E-state index contributed by atoms with van der Waals surface area (Å²) >= 11 is 0. The van der Waals surface area contributed by atoms with Gasteiger partial charge >= 0.3 is 0 Å². The van der Waals surface area contributed by atoms with Crippen LogP contribution in [0.25, 0.3) is 11.3 Å². The Hall–Kier alpha value is -2.83. The molecule has 1 aromatic carbocycles. The Morgan fingerprint density at radius 3 is 2.49 bits per heavy atom. The van der Waals surface area contributed by atoms with E-state index in [1.807, 2.05) is 44.2 Å². The van der Waals surface area contributed by atoms with Crippen LogP contribution in [-0.4, -0.2) is 51.2 Å². The molecule has 1 aromatic heterocycles. The molecule has 4 rings (SSSR count). The molecule has 7 heteroatoms. The summed E-state index contributed by atoms with van der Waals surface area (Å²) in [6.07, 6.45) is 9.70. The molecular weight excluding hydrogens is 440 g/mol. The molecule has 1 fully saturated rings. The molecule has 0 saturated heterocycles. The lowest BCUT2D eigenvalue weighted by Crippen LogP contribution is -2.65. The molecule has 190 valence electrons. The largest absolute Gasteiger partial charge is 0.494 e. The van der Waals surface area contributed by atoms with Gasteiger partial charge in [-0.3, -0.25) is 14.3 Å². The molecule has 1 aliphatic carbocycles.